The first-order valence-corrected chi connectivity index (χ1v) is 8.32. The number of nitrogens with one attached hydrogen (secondary N) is 1. The van der Waals surface area contributed by atoms with Crippen LogP contribution in [0, 0.1) is 6.92 Å². The van der Waals surface area contributed by atoms with E-state index in [0.717, 1.165) is 35.0 Å². The molecular formula is C19H22N4O. The summed E-state index contributed by atoms with van der Waals surface area (Å²) in [5.74, 6) is -0.0408. The Kier molecular flexibility index (Phi) is 4.89. The molecule has 0 fully saturated rings. The van der Waals surface area contributed by atoms with E-state index in [9.17, 15) is 4.79 Å². The average molecular weight is 322 g/mol. The summed E-state index contributed by atoms with van der Waals surface area (Å²) in [6.07, 6.45) is 3.86. The van der Waals surface area contributed by atoms with Gasteiger partial charge in [-0.05, 0) is 37.1 Å². The van der Waals surface area contributed by atoms with Crippen molar-refractivity contribution in [2.75, 3.05) is 6.54 Å². The standard InChI is InChI=1S/C19H22N4O/c1-3-4-9-23(19(24)18-10-14(2)21-22-18)13-15-11-16-7-5-6-8-17(16)20-12-15/h5-8,10-12H,3-4,9,13H2,1-2H3,(H,21,22). The minimum Gasteiger partial charge on any atom is -0.333 e. The summed E-state index contributed by atoms with van der Waals surface area (Å²) in [5.41, 5.74) is 3.36. The molecule has 0 saturated heterocycles. The van der Waals surface area contributed by atoms with E-state index in [2.05, 4.69) is 28.2 Å². The first kappa shape index (κ1) is 16.2. The molecule has 24 heavy (non-hydrogen) atoms. The maximum Gasteiger partial charge on any atom is 0.274 e. The highest BCUT2D eigenvalue weighted by Crippen LogP contribution is 2.16. The number of hydrogen-bond acceptors (Lipinski definition) is 3. The van der Waals surface area contributed by atoms with Gasteiger partial charge in [0.15, 0.2) is 0 Å². The van der Waals surface area contributed by atoms with Crippen molar-refractivity contribution in [3.63, 3.8) is 0 Å². The largest absolute Gasteiger partial charge is 0.333 e. The van der Waals surface area contributed by atoms with E-state index in [1.165, 1.54) is 0 Å². The van der Waals surface area contributed by atoms with Crippen LogP contribution >= 0.6 is 0 Å². The number of aryl methyl sites for hydroxylation is 1. The molecule has 1 N–H and O–H groups in total. The number of carbonyl (C=O) groups is 1. The van der Waals surface area contributed by atoms with Gasteiger partial charge in [0.05, 0.1) is 5.52 Å². The van der Waals surface area contributed by atoms with Gasteiger partial charge in [-0.2, -0.15) is 5.10 Å². The summed E-state index contributed by atoms with van der Waals surface area (Å²) in [7, 11) is 0. The number of hydrogen-bond donors (Lipinski definition) is 1. The Morgan fingerprint density at radius 2 is 2.08 bits per heavy atom. The van der Waals surface area contributed by atoms with Gasteiger partial charge >= 0.3 is 0 Å². The smallest absolute Gasteiger partial charge is 0.274 e. The van der Waals surface area contributed by atoms with Gasteiger partial charge in [-0.1, -0.05) is 31.5 Å². The van der Waals surface area contributed by atoms with E-state index in [4.69, 9.17) is 0 Å². The molecule has 5 heteroatoms. The van der Waals surface area contributed by atoms with Crippen LogP contribution < -0.4 is 0 Å². The van der Waals surface area contributed by atoms with Crippen LogP contribution in [0.5, 0.6) is 0 Å². The highest BCUT2D eigenvalue weighted by Gasteiger charge is 2.18. The molecule has 0 unspecified atom stereocenters. The van der Waals surface area contributed by atoms with Gasteiger partial charge in [0.1, 0.15) is 5.69 Å². The summed E-state index contributed by atoms with van der Waals surface area (Å²) in [6, 6.07) is 11.9. The average Bonchev–Trinajstić information content (AvgIpc) is 3.04. The second kappa shape index (κ2) is 7.25. The molecule has 5 nitrogen and oxygen atoms in total. The third-order valence-electron chi connectivity index (χ3n) is 4.01. The predicted octanol–water partition coefficient (Wildman–Crippen LogP) is 3.71. The first-order valence-electron chi connectivity index (χ1n) is 8.32. The Labute approximate surface area is 141 Å². The molecule has 1 amide bonds. The third-order valence-corrected chi connectivity index (χ3v) is 4.01. The van der Waals surface area contributed by atoms with Crippen molar-refractivity contribution in [3.05, 3.63) is 59.5 Å². The Balaban J connectivity index is 1.83. The fourth-order valence-electron chi connectivity index (χ4n) is 2.71. The van der Waals surface area contributed by atoms with Crippen LogP contribution in [-0.2, 0) is 6.54 Å². The molecule has 0 spiro atoms. The predicted molar refractivity (Wildman–Crippen MR) is 94.7 cm³/mol. The Morgan fingerprint density at radius 1 is 1.25 bits per heavy atom. The molecule has 0 bridgehead atoms. The number of para-hydroxylation sites is 1. The maximum absolute atomic E-state index is 12.8. The van der Waals surface area contributed by atoms with Crippen LogP contribution in [0.2, 0.25) is 0 Å². The second-order valence-electron chi connectivity index (χ2n) is 6.05. The molecule has 3 aromatic rings. The van der Waals surface area contributed by atoms with Crippen molar-refractivity contribution in [3.8, 4) is 0 Å². The quantitative estimate of drug-likeness (QED) is 0.752. The zero-order chi connectivity index (χ0) is 16.9. The summed E-state index contributed by atoms with van der Waals surface area (Å²) in [4.78, 5) is 19.1. The molecule has 2 heterocycles. The highest BCUT2D eigenvalue weighted by atomic mass is 16.2. The number of nitrogens with zero attached hydrogens (tertiary/aromatic N) is 3. The van der Waals surface area contributed by atoms with E-state index in [1.54, 1.807) is 6.07 Å². The molecule has 0 radical (unpaired) electrons. The van der Waals surface area contributed by atoms with E-state index >= 15 is 0 Å². The van der Waals surface area contributed by atoms with Crippen molar-refractivity contribution in [2.24, 2.45) is 0 Å². The summed E-state index contributed by atoms with van der Waals surface area (Å²) in [5, 5.41) is 8.03. The number of pyridine rings is 1. The summed E-state index contributed by atoms with van der Waals surface area (Å²) < 4.78 is 0. The fourth-order valence-corrected chi connectivity index (χ4v) is 2.71. The molecule has 1 aromatic carbocycles. The number of rotatable bonds is 6. The molecule has 124 valence electrons. The van der Waals surface area contributed by atoms with E-state index in [-0.39, 0.29) is 5.91 Å². The lowest BCUT2D eigenvalue weighted by Gasteiger charge is -2.21. The van der Waals surface area contributed by atoms with Crippen molar-refractivity contribution >= 4 is 16.8 Å². The fraction of sp³-hybridized carbons (Fsp3) is 0.316. The molecule has 0 atom stereocenters. The van der Waals surface area contributed by atoms with Crippen LogP contribution in [0.1, 0.15) is 41.5 Å². The number of carbonyl (C=O) groups excluding carboxylic acids is 1. The van der Waals surface area contributed by atoms with Crippen LogP contribution in [0.15, 0.2) is 42.6 Å². The normalized spacial score (nSPS) is 10.9. The molecule has 0 aliphatic rings. The van der Waals surface area contributed by atoms with Gasteiger partial charge in [-0.15, -0.1) is 0 Å². The van der Waals surface area contributed by atoms with Gasteiger partial charge in [0.25, 0.3) is 5.91 Å². The van der Waals surface area contributed by atoms with Crippen LogP contribution in [0.25, 0.3) is 10.9 Å². The van der Waals surface area contributed by atoms with Crippen LogP contribution in [-0.4, -0.2) is 32.5 Å². The Hall–Kier alpha value is -2.69. The van der Waals surface area contributed by atoms with E-state index < -0.39 is 0 Å². The number of fused-ring (bicyclic) bond motifs is 1. The lowest BCUT2D eigenvalue weighted by atomic mass is 10.1. The molecule has 0 saturated carbocycles. The maximum atomic E-state index is 12.8. The van der Waals surface area contributed by atoms with Gasteiger partial charge in [0, 0.05) is 30.4 Å². The number of aromatic nitrogens is 3. The molecule has 0 aliphatic carbocycles. The zero-order valence-electron chi connectivity index (χ0n) is 14.1. The highest BCUT2D eigenvalue weighted by molar-refractivity contribution is 5.92. The number of aromatic amines is 1. The Morgan fingerprint density at radius 3 is 2.83 bits per heavy atom. The summed E-state index contributed by atoms with van der Waals surface area (Å²) in [6.45, 7) is 5.28. The van der Waals surface area contributed by atoms with Gasteiger partial charge in [-0.25, -0.2) is 0 Å². The minimum atomic E-state index is -0.0408. The van der Waals surface area contributed by atoms with Gasteiger partial charge < -0.3 is 4.90 Å². The second-order valence-corrected chi connectivity index (χ2v) is 6.05. The number of amides is 1. The van der Waals surface area contributed by atoms with Gasteiger partial charge in [0.2, 0.25) is 0 Å². The van der Waals surface area contributed by atoms with Crippen molar-refractivity contribution < 1.29 is 4.79 Å². The SMILES string of the molecule is CCCCN(Cc1cnc2ccccc2c1)C(=O)c1cc(C)[nH]n1. The lowest BCUT2D eigenvalue weighted by molar-refractivity contribution is 0.0734. The van der Waals surface area contributed by atoms with Crippen LogP contribution in [0.3, 0.4) is 0 Å². The Bertz CT molecular complexity index is 840. The van der Waals surface area contributed by atoms with Crippen molar-refractivity contribution in [1.82, 2.24) is 20.1 Å². The lowest BCUT2D eigenvalue weighted by Crippen LogP contribution is -2.31. The molecule has 3 rings (SSSR count). The van der Waals surface area contributed by atoms with Gasteiger partial charge in [-0.3, -0.25) is 14.9 Å². The number of H-pyrrole nitrogens is 1. The van der Waals surface area contributed by atoms with E-state index in [1.807, 2.05) is 42.3 Å². The molecule has 0 aliphatic heterocycles. The zero-order valence-corrected chi connectivity index (χ0v) is 14.1. The topological polar surface area (TPSA) is 61.9 Å². The van der Waals surface area contributed by atoms with Crippen molar-refractivity contribution in [2.45, 2.75) is 33.2 Å². The van der Waals surface area contributed by atoms with Crippen molar-refractivity contribution in [1.29, 1.82) is 0 Å². The molecule has 2 aromatic heterocycles. The minimum absolute atomic E-state index is 0.0408. The molecular weight excluding hydrogens is 300 g/mol. The number of unbranched alkanes of at least 4 members (excludes halogenated alkanes) is 1. The van der Waals surface area contributed by atoms with E-state index in [0.29, 0.717) is 18.8 Å². The summed E-state index contributed by atoms with van der Waals surface area (Å²) >= 11 is 0. The first-order chi connectivity index (χ1) is 11.7. The number of benzene rings is 1. The third kappa shape index (κ3) is 3.62. The monoisotopic (exact) mass is 322 g/mol. The van der Waals surface area contributed by atoms with Crippen LogP contribution in [0.4, 0.5) is 0 Å².